The van der Waals surface area contributed by atoms with E-state index in [0.29, 0.717) is 12.8 Å². The first-order valence-corrected chi connectivity index (χ1v) is 23.1. The molecule has 0 aliphatic carbocycles. The Morgan fingerprint density at radius 2 is 0.925 bits per heavy atom. The number of unbranched alkanes of at least 4 members (excludes halogenated alkanes) is 25. The highest BCUT2D eigenvalue weighted by Crippen LogP contribution is 2.43. The van der Waals surface area contributed by atoms with Crippen molar-refractivity contribution in [3.8, 4) is 0 Å². The Morgan fingerprint density at radius 3 is 1.38 bits per heavy atom. The molecule has 0 radical (unpaired) electrons. The molecule has 0 bridgehead atoms. The maximum absolute atomic E-state index is 12.6. The van der Waals surface area contributed by atoms with E-state index < -0.39 is 51.8 Å². The standard InChI is InChI=1S/C42H81O10P/c1-3-5-7-9-11-13-15-17-19-21-23-25-27-29-31-33-41(45)49-37-40(38-51-53(47,48)50-36-39(44)35-43)52-42(46)34-32-30-28-26-24-22-20-18-16-14-12-10-8-6-4-2/h14,16,39-40,43-44H,3-13,15,17-38H2,1-2H3,(H,47,48)/b16-14+/t39-,40+/m0/s1. The van der Waals surface area contributed by atoms with E-state index in [1.807, 2.05) is 0 Å². The summed E-state index contributed by atoms with van der Waals surface area (Å²) in [5.74, 6) is -0.920. The van der Waals surface area contributed by atoms with Gasteiger partial charge in [0.25, 0.3) is 0 Å². The van der Waals surface area contributed by atoms with Crippen molar-refractivity contribution in [1.82, 2.24) is 0 Å². The summed E-state index contributed by atoms with van der Waals surface area (Å²) in [7, 11) is -4.61. The monoisotopic (exact) mass is 777 g/mol. The molecule has 3 N–H and O–H groups in total. The lowest BCUT2D eigenvalue weighted by Crippen LogP contribution is -2.29. The highest BCUT2D eigenvalue weighted by Gasteiger charge is 2.27. The second kappa shape index (κ2) is 39.0. The number of phosphoric acid groups is 1. The maximum atomic E-state index is 12.6. The summed E-state index contributed by atoms with van der Waals surface area (Å²) >= 11 is 0. The zero-order valence-electron chi connectivity index (χ0n) is 34.0. The van der Waals surface area contributed by atoms with E-state index in [9.17, 15) is 24.2 Å². The van der Waals surface area contributed by atoms with Crippen LogP contribution in [0, 0.1) is 0 Å². The minimum atomic E-state index is -4.61. The molecule has 3 atom stereocenters. The van der Waals surface area contributed by atoms with Crippen LogP contribution in [0.15, 0.2) is 12.2 Å². The number of carbonyl (C=O) groups excluding carboxylic acids is 2. The van der Waals surface area contributed by atoms with Crippen LogP contribution in [0.1, 0.15) is 206 Å². The molecule has 0 saturated carbocycles. The molecule has 11 heteroatoms. The third kappa shape index (κ3) is 38.8. The van der Waals surface area contributed by atoms with Crippen LogP contribution in [0.3, 0.4) is 0 Å². The topological polar surface area (TPSA) is 149 Å². The second-order valence-electron chi connectivity index (χ2n) is 14.7. The predicted octanol–water partition coefficient (Wildman–Crippen LogP) is 11.2. The summed E-state index contributed by atoms with van der Waals surface area (Å²) in [6.07, 6.45) is 36.0. The Morgan fingerprint density at radius 1 is 0.547 bits per heavy atom. The molecule has 0 heterocycles. The summed E-state index contributed by atoms with van der Waals surface area (Å²) in [6, 6.07) is 0. The van der Waals surface area contributed by atoms with Gasteiger partial charge in [-0.2, -0.15) is 0 Å². The van der Waals surface area contributed by atoms with Gasteiger partial charge in [-0.05, 0) is 38.5 Å². The summed E-state index contributed by atoms with van der Waals surface area (Å²) in [5.41, 5.74) is 0. The highest BCUT2D eigenvalue weighted by atomic mass is 31.2. The van der Waals surface area contributed by atoms with Gasteiger partial charge in [-0.25, -0.2) is 4.57 Å². The summed E-state index contributed by atoms with van der Waals surface area (Å²) in [4.78, 5) is 35.0. The van der Waals surface area contributed by atoms with Crippen LogP contribution in [0.4, 0.5) is 0 Å². The molecule has 0 aliphatic heterocycles. The van der Waals surface area contributed by atoms with Crippen LogP contribution in [-0.2, 0) is 32.7 Å². The van der Waals surface area contributed by atoms with Crippen LogP contribution in [0.5, 0.6) is 0 Å². The number of hydrogen-bond donors (Lipinski definition) is 3. The quantitative estimate of drug-likeness (QED) is 0.0237. The van der Waals surface area contributed by atoms with Gasteiger partial charge in [-0.3, -0.25) is 18.6 Å². The van der Waals surface area contributed by atoms with Gasteiger partial charge < -0.3 is 24.6 Å². The Labute approximate surface area is 324 Å². The molecule has 0 fully saturated rings. The van der Waals surface area contributed by atoms with Crippen molar-refractivity contribution < 1.29 is 47.8 Å². The smallest absolute Gasteiger partial charge is 0.462 e. The molecule has 10 nitrogen and oxygen atoms in total. The average Bonchev–Trinajstić information content (AvgIpc) is 3.14. The van der Waals surface area contributed by atoms with E-state index in [-0.39, 0.29) is 19.4 Å². The number of ether oxygens (including phenoxy) is 2. The van der Waals surface area contributed by atoms with Gasteiger partial charge in [0.2, 0.25) is 0 Å². The van der Waals surface area contributed by atoms with Crippen molar-refractivity contribution in [2.24, 2.45) is 0 Å². The number of esters is 2. The van der Waals surface area contributed by atoms with Gasteiger partial charge in [-0.1, -0.05) is 167 Å². The lowest BCUT2D eigenvalue weighted by atomic mass is 10.0. The Hall–Kier alpha value is -1.29. The Balaban J connectivity index is 4.27. The molecule has 0 saturated heterocycles. The van der Waals surface area contributed by atoms with Crippen LogP contribution in [0.25, 0.3) is 0 Å². The van der Waals surface area contributed by atoms with E-state index >= 15 is 0 Å². The minimum Gasteiger partial charge on any atom is -0.462 e. The van der Waals surface area contributed by atoms with E-state index in [4.69, 9.17) is 19.1 Å². The highest BCUT2D eigenvalue weighted by molar-refractivity contribution is 7.47. The first kappa shape index (κ1) is 51.7. The number of aliphatic hydroxyl groups is 2. The number of carbonyl (C=O) groups is 2. The van der Waals surface area contributed by atoms with Crippen LogP contribution in [-0.4, -0.2) is 65.7 Å². The van der Waals surface area contributed by atoms with E-state index in [1.54, 1.807) is 0 Å². The van der Waals surface area contributed by atoms with Gasteiger partial charge in [0.1, 0.15) is 12.7 Å². The van der Waals surface area contributed by atoms with E-state index in [1.165, 1.54) is 122 Å². The third-order valence-corrected chi connectivity index (χ3v) is 10.4. The van der Waals surface area contributed by atoms with Crippen molar-refractivity contribution >= 4 is 19.8 Å². The fraction of sp³-hybridized carbons (Fsp3) is 0.905. The molecular formula is C42H81O10P. The molecule has 0 aromatic rings. The van der Waals surface area contributed by atoms with Crippen molar-refractivity contribution in [2.75, 3.05) is 26.4 Å². The lowest BCUT2D eigenvalue weighted by Gasteiger charge is -2.20. The molecule has 1 unspecified atom stereocenters. The number of allylic oxidation sites excluding steroid dienone is 2. The van der Waals surface area contributed by atoms with Crippen LogP contribution in [0.2, 0.25) is 0 Å². The van der Waals surface area contributed by atoms with Crippen molar-refractivity contribution in [2.45, 2.75) is 219 Å². The number of aliphatic hydroxyl groups excluding tert-OH is 2. The summed E-state index contributed by atoms with van der Waals surface area (Å²) in [6.45, 7) is 2.39. The van der Waals surface area contributed by atoms with Crippen LogP contribution >= 0.6 is 7.82 Å². The molecule has 314 valence electrons. The number of hydrogen-bond acceptors (Lipinski definition) is 9. The van der Waals surface area contributed by atoms with Gasteiger partial charge in [0.15, 0.2) is 6.10 Å². The normalized spacial score (nSPS) is 14.0. The summed E-state index contributed by atoms with van der Waals surface area (Å²) < 4.78 is 32.7. The molecule has 0 amide bonds. The summed E-state index contributed by atoms with van der Waals surface area (Å²) in [5, 5.41) is 18.3. The van der Waals surface area contributed by atoms with E-state index in [0.717, 1.165) is 44.9 Å². The molecular weight excluding hydrogens is 695 g/mol. The molecule has 0 spiro atoms. The first-order chi connectivity index (χ1) is 25.7. The largest absolute Gasteiger partial charge is 0.472 e. The first-order valence-electron chi connectivity index (χ1n) is 21.6. The van der Waals surface area contributed by atoms with Gasteiger partial charge >= 0.3 is 19.8 Å². The maximum Gasteiger partial charge on any atom is 0.472 e. The Kier molecular flexibility index (Phi) is 38.0. The third-order valence-electron chi connectivity index (χ3n) is 9.42. The van der Waals surface area contributed by atoms with Crippen LogP contribution < -0.4 is 0 Å². The fourth-order valence-corrected chi connectivity index (χ4v) is 6.84. The van der Waals surface area contributed by atoms with Gasteiger partial charge in [0, 0.05) is 12.8 Å². The predicted molar refractivity (Wildman–Crippen MR) is 215 cm³/mol. The van der Waals surface area contributed by atoms with Crippen molar-refractivity contribution in [3.05, 3.63) is 12.2 Å². The van der Waals surface area contributed by atoms with Gasteiger partial charge in [0.05, 0.1) is 19.8 Å². The molecule has 0 rings (SSSR count). The van der Waals surface area contributed by atoms with E-state index in [2.05, 4.69) is 30.5 Å². The Bertz CT molecular complexity index is 899. The van der Waals surface area contributed by atoms with Crippen molar-refractivity contribution in [1.29, 1.82) is 0 Å². The fourth-order valence-electron chi connectivity index (χ4n) is 6.05. The number of rotatable bonds is 41. The van der Waals surface area contributed by atoms with Crippen molar-refractivity contribution in [3.63, 3.8) is 0 Å². The zero-order chi connectivity index (χ0) is 39.1. The average molecular weight is 777 g/mol. The number of phosphoric ester groups is 1. The molecule has 53 heavy (non-hydrogen) atoms. The SMILES string of the molecule is CCCCCC/C=C/CCCCCCCCCC(=O)O[C@H](COC(=O)CCCCCCCCCCCCCCCCC)COP(=O)(O)OC[C@@H](O)CO. The lowest BCUT2D eigenvalue weighted by molar-refractivity contribution is -0.161. The van der Waals surface area contributed by atoms with Gasteiger partial charge in [-0.15, -0.1) is 0 Å². The zero-order valence-corrected chi connectivity index (χ0v) is 34.9. The molecule has 0 aromatic heterocycles. The molecule has 0 aliphatic rings. The minimum absolute atomic E-state index is 0.183. The second-order valence-corrected chi connectivity index (χ2v) is 16.2. The molecule has 0 aromatic carbocycles.